The molecule has 0 atom stereocenters. The molecule has 6 nitrogen and oxygen atoms in total. The first kappa shape index (κ1) is 16.9. The number of methoxy groups -OCH3 is 1. The van der Waals surface area contributed by atoms with Gasteiger partial charge < -0.3 is 20.7 Å². The van der Waals surface area contributed by atoms with Crippen molar-refractivity contribution in [3.8, 4) is 0 Å². The van der Waals surface area contributed by atoms with Gasteiger partial charge in [-0.3, -0.25) is 9.59 Å². The molecule has 0 saturated carbocycles. The summed E-state index contributed by atoms with van der Waals surface area (Å²) in [5.41, 5.74) is 0.0170. The number of carbonyl (C=O) groups is 2. The molecule has 3 N–H and O–H groups in total. The van der Waals surface area contributed by atoms with E-state index in [-0.39, 0.29) is 23.8 Å². The third kappa shape index (κ3) is 5.88. The molecule has 0 aromatic rings. The van der Waals surface area contributed by atoms with Crippen LogP contribution in [0.1, 0.15) is 32.6 Å². The first-order valence-electron chi connectivity index (χ1n) is 7.35. The molecule has 0 unspecified atom stereocenters. The van der Waals surface area contributed by atoms with Gasteiger partial charge in [-0.25, -0.2) is 0 Å². The minimum Gasteiger partial charge on any atom is -0.384 e. The van der Waals surface area contributed by atoms with Gasteiger partial charge in [0.15, 0.2) is 0 Å². The standard InChI is InChI=1S/C14H27N3O3/c1-3-4-12(18)16-9-13(19)17-10-14(11-20-2)5-7-15-8-6-14/h15H,3-11H2,1-2H3,(H,16,18)(H,17,19). The maximum absolute atomic E-state index is 11.8. The van der Waals surface area contributed by atoms with Crippen LogP contribution >= 0.6 is 0 Å². The van der Waals surface area contributed by atoms with E-state index in [0.717, 1.165) is 32.4 Å². The molecule has 2 amide bonds. The SMILES string of the molecule is CCCC(=O)NCC(=O)NCC1(COC)CCNCC1. The zero-order chi connectivity index (χ0) is 14.8. The lowest BCUT2D eigenvalue weighted by molar-refractivity contribution is -0.126. The Morgan fingerprint density at radius 3 is 2.50 bits per heavy atom. The van der Waals surface area contributed by atoms with E-state index in [9.17, 15) is 9.59 Å². The Balaban J connectivity index is 2.31. The summed E-state index contributed by atoms with van der Waals surface area (Å²) in [6, 6.07) is 0. The Morgan fingerprint density at radius 1 is 1.20 bits per heavy atom. The second-order valence-electron chi connectivity index (χ2n) is 5.49. The summed E-state index contributed by atoms with van der Waals surface area (Å²) >= 11 is 0. The fourth-order valence-electron chi connectivity index (χ4n) is 2.48. The van der Waals surface area contributed by atoms with E-state index in [0.29, 0.717) is 19.6 Å². The highest BCUT2D eigenvalue weighted by Gasteiger charge is 2.32. The van der Waals surface area contributed by atoms with Crippen molar-refractivity contribution in [1.82, 2.24) is 16.0 Å². The molecule has 1 rings (SSSR count). The predicted molar refractivity (Wildman–Crippen MR) is 77.3 cm³/mol. The molecule has 1 aliphatic heterocycles. The summed E-state index contributed by atoms with van der Waals surface area (Å²) in [6.07, 6.45) is 3.23. The second kappa shape index (κ2) is 8.92. The first-order chi connectivity index (χ1) is 9.62. The van der Waals surface area contributed by atoms with E-state index in [2.05, 4.69) is 16.0 Å². The number of amides is 2. The number of carbonyl (C=O) groups excluding carboxylic acids is 2. The first-order valence-corrected chi connectivity index (χ1v) is 7.35. The number of rotatable bonds is 8. The number of ether oxygens (including phenoxy) is 1. The molecular weight excluding hydrogens is 258 g/mol. The molecule has 0 bridgehead atoms. The highest BCUT2D eigenvalue weighted by Crippen LogP contribution is 2.28. The van der Waals surface area contributed by atoms with Crippen LogP contribution < -0.4 is 16.0 Å². The molecule has 0 spiro atoms. The highest BCUT2D eigenvalue weighted by molar-refractivity contribution is 5.84. The Kier molecular flexibility index (Phi) is 7.54. The van der Waals surface area contributed by atoms with Crippen molar-refractivity contribution >= 4 is 11.8 Å². The van der Waals surface area contributed by atoms with Crippen LogP contribution in [-0.2, 0) is 14.3 Å². The average molecular weight is 285 g/mol. The highest BCUT2D eigenvalue weighted by atomic mass is 16.5. The van der Waals surface area contributed by atoms with Crippen LogP contribution in [0, 0.1) is 5.41 Å². The summed E-state index contributed by atoms with van der Waals surface area (Å²) in [6.45, 7) is 5.15. The molecule has 1 aliphatic rings. The van der Waals surface area contributed by atoms with Crippen LogP contribution in [0.3, 0.4) is 0 Å². The molecule has 1 heterocycles. The van der Waals surface area contributed by atoms with Gasteiger partial charge in [0.2, 0.25) is 11.8 Å². The normalized spacial score (nSPS) is 17.5. The van der Waals surface area contributed by atoms with Gasteiger partial charge in [-0.1, -0.05) is 6.92 Å². The Bertz CT molecular complexity index is 309. The molecule has 0 aromatic heterocycles. The maximum atomic E-state index is 11.8. The second-order valence-corrected chi connectivity index (χ2v) is 5.49. The Labute approximate surface area is 121 Å². The van der Waals surface area contributed by atoms with E-state index < -0.39 is 0 Å². The van der Waals surface area contributed by atoms with Gasteiger partial charge in [-0.05, 0) is 32.4 Å². The Hall–Kier alpha value is -1.14. The molecule has 116 valence electrons. The summed E-state index contributed by atoms with van der Waals surface area (Å²) < 4.78 is 5.30. The summed E-state index contributed by atoms with van der Waals surface area (Å²) in [7, 11) is 1.69. The Morgan fingerprint density at radius 2 is 1.90 bits per heavy atom. The van der Waals surface area contributed by atoms with Crippen LogP contribution in [0.25, 0.3) is 0 Å². The lowest BCUT2D eigenvalue weighted by Gasteiger charge is -2.37. The van der Waals surface area contributed by atoms with Crippen molar-refractivity contribution in [3.05, 3.63) is 0 Å². The molecule has 0 aliphatic carbocycles. The van der Waals surface area contributed by atoms with Gasteiger partial charge in [0.25, 0.3) is 0 Å². The topological polar surface area (TPSA) is 79.5 Å². The lowest BCUT2D eigenvalue weighted by atomic mass is 9.79. The molecule has 20 heavy (non-hydrogen) atoms. The summed E-state index contributed by atoms with van der Waals surface area (Å²) in [4.78, 5) is 23.1. The quantitative estimate of drug-likeness (QED) is 0.588. The van der Waals surface area contributed by atoms with Gasteiger partial charge in [-0.2, -0.15) is 0 Å². The molecule has 0 aromatic carbocycles. The van der Waals surface area contributed by atoms with E-state index >= 15 is 0 Å². The fourth-order valence-corrected chi connectivity index (χ4v) is 2.48. The van der Waals surface area contributed by atoms with Crippen molar-refractivity contribution in [2.24, 2.45) is 5.41 Å². The minimum atomic E-state index is -0.136. The van der Waals surface area contributed by atoms with E-state index in [4.69, 9.17) is 4.74 Å². The number of nitrogens with one attached hydrogen (secondary N) is 3. The van der Waals surface area contributed by atoms with E-state index in [1.54, 1.807) is 7.11 Å². The zero-order valence-corrected chi connectivity index (χ0v) is 12.6. The minimum absolute atomic E-state index is 0.0170. The van der Waals surface area contributed by atoms with Gasteiger partial charge in [0, 0.05) is 25.5 Å². The third-order valence-electron chi connectivity index (χ3n) is 3.70. The molecule has 1 fully saturated rings. The van der Waals surface area contributed by atoms with E-state index in [1.807, 2.05) is 6.92 Å². The number of hydrogen-bond donors (Lipinski definition) is 3. The summed E-state index contributed by atoms with van der Waals surface area (Å²) in [5.74, 6) is -0.209. The van der Waals surface area contributed by atoms with Crippen LogP contribution in [-0.4, -0.2) is 51.7 Å². The van der Waals surface area contributed by atoms with Gasteiger partial charge in [0.05, 0.1) is 13.2 Å². The largest absolute Gasteiger partial charge is 0.384 e. The fraction of sp³-hybridized carbons (Fsp3) is 0.857. The van der Waals surface area contributed by atoms with Crippen molar-refractivity contribution < 1.29 is 14.3 Å². The number of piperidine rings is 1. The van der Waals surface area contributed by atoms with Crippen molar-refractivity contribution in [1.29, 1.82) is 0 Å². The monoisotopic (exact) mass is 285 g/mol. The van der Waals surface area contributed by atoms with Crippen molar-refractivity contribution in [3.63, 3.8) is 0 Å². The zero-order valence-electron chi connectivity index (χ0n) is 12.6. The van der Waals surface area contributed by atoms with Crippen molar-refractivity contribution in [2.45, 2.75) is 32.6 Å². The number of hydrogen-bond acceptors (Lipinski definition) is 4. The van der Waals surface area contributed by atoms with E-state index in [1.165, 1.54) is 0 Å². The average Bonchev–Trinajstić information content (AvgIpc) is 2.45. The third-order valence-corrected chi connectivity index (χ3v) is 3.70. The molecule has 0 radical (unpaired) electrons. The molecule has 6 heteroatoms. The molecular formula is C14H27N3O3. The van der Waals surface area contributed by atoms with Gasteiger partial charge in [0.1, 0.15) is 0 Å². The molecule has 1 saturated heterocycles. The van der Waals surface area contributed by atoms with Crippen LogP contribution in [0.4, 0.5) is 0 Å². The van der Waals surface area contributed by atoms with Gasteiger partial charge >= 0.3 is 0 Å². The van der Waals surface area contributed by atoms with Crippen LogP contribution in [0.2, 0.25) is 0 Å². The maximum Gasteiger partial charge on any atom is 0.239 e. The summed E-state index contributed by atoms with van der Waals surface area (Å²) in [5, 5.41) is 8.85. The van der Waals surface area contributed by atoms with Crippen molar-refractivity contribution in [2.75, 3.05) is 39.9 Å². The smallest absolute Gasteiger partial charge is 0.239 e. The lowest BCUT2D eigenvalue weighted by Crippen LogP contribution is -2.48. The van der Waals surface area contributed by atoms with Gasteiger partial charge in [-0.15, -0.1) is 0 Å². The predicted octanol–water partition coefficient (Wildman–Crippen LogP) is 0.0351. The van der Waals surface area contributed by atoms with Crippen LogP contribution in [0.15, 0.2) is 0 Å². The van der Waals surface area contributed by atoms with Crippen LogP contribution in [0.5, 0.6) is 0 Å².